The van der Waals surface area contributed by atoms with E-state index in [4.69, 9.17) is 4.74 Å². The van der Waals surface area contributed by atoms with Gasteiger partial charge in [-0.2, -0.15) is 0 Å². The molecule has 0 heterocycles. The maximum Gasteiger partial charge on any atom is 0.325 e. The van der Waals surface area contributed by atoms with Gasteiger partial charge in [0.2, 0.25) is 0 Å². The van der Waals surface area contributed by atoms with Crippen LogP contribution in [0.5, 0.6) is 5.75 Å². The number of nitrogens with one attached hydrogen (secondary N) is 1. The standard InChI is InChI=1S/C13H19NO3/c1-3-4-8-17-12-7-5-6-11(9-12)14-10-13(15)16-2/h5-7,9,14H,3-4,8,10H2,1-2H3. The minimum Gasteiger partial charge on any atom is -0.494 e. The second-order valence-corrected chi connectivity index (χ2v) is 3.66. The van der Waals surface area contributed by atoms with Gasteiger partial charge >= 0.3 is 5.97 Å². The molecule has 4 heteroatoms. The van der Waals surface area contributed by atoms with Crippen molar-refractivity contribution in [2.24, 2.45) is 0 Å². The number of carbonyl (C=O) groups is 1. The molecule has 1 aromatic rings. The summed E-state index contributed by atoms with van der Waals surface area (Å²) in [5.41, 5.74) is 0.851. The summed E-state index contributed by atoms with van der Waals surface area (Å²) in [7, 11) is 1.37. The molecule has 1 N–H and O–H groups in total. The Morgan fingerprint density at radius 2 is 2.24 bits per heavy atom. The lowest BCUT2D eigenvalue weighted by atomic mass is 10.3. The molecule has 4 nitrogen and oxygen atoms in total. The van der Waals surface area contributed by atoms with E-state index in [2.05, 4.69) is 17.0 Å². The molecule has 0 unspecified atom stereocenters. The Morgan fingerprint density at radius 1 is 1.41 bits per heavy atom. The lowest BCUT2D eigenvalue weighted by Crippen LogP contribution is -2.14. The molecular weight excluding hydrogens is 218 g/mol. The molecule has 0 aliphatic rings. The van der Waals surface area contributed by atoms with Crippen molar-refractivity contribution in [3.8, 4) is 5.75 Å². The van der Waals surface area contributed by atoms with E-state index in [1.807, 2.05) is 24.3 Å². The van der Waals surface area contributed by atoms with Crippen molar-refractivity contribution in [2.75, 3.05) is 25.6 Å². The molecule has 0 aliphatic carbocycles. The number of hydrogen-bond donors (Lipinski definition) is 1. The minimum atomic E-state index is -0.290. The van der Waals surface area contributed by atoms with Crippen LogP contribution in [0.2, 0.25) is 0 Å². The smallest absolute Gasteiger partial charge is 0.325 e. The molecule has 17 heavy (non-hydrogen) atoms. The summed E-state index contributed by atoms with van der Waals surface area (Å²) >= 11 is 0. The van der Waals surface area contributed by atoms with Gasteiger partial charge < -0.3 is 14.8 Å². The van der Waals surface area contributed by atoms with E-state index in [9.17, 15) is 4.79 Å². The fourth-order valence-corrected chi connectivity index (χ4v) is 1.28. The molecular formula is C13H19NO3. The fraction of sp³-hybridized carbons (Fsp3) is 0.462. The molecule has 0 spiro atoms. The monoisotopic (exact) mass is 237 g/mol. The highest BCUT2D eigenvalue weighted by atomic mass is 16.5. The molecule has 0 aromatic heterocycles. The van der Waals surface area contributed by atoms with Crippen molar-refractivity contribution in [1.82, 2.24) is 0 Å². The Balaban J connectivity index is 2.44. The van der Waals surface area contributed by atoms with Gasteiger partial charge in [0.25, 0.3) is 0 Å². The van der Waals surface area contributed by atoms with Gasteiger partial charge in [-0.3, -0.25) is 4.79 Å². The van der Waals surface area contributed by atoms with Gasteiger partial charge in [-0.05, 0) is 18.6 Å². The van der Waals surface area contributed by atoms with E-state index in [0.29, 0.717) is 0 Å². The first kappa shape index (κ1) is 13.4. The first-order valence-corrected chi connectivity index (χ1v) is 5.79. The Bertz CT molecular complexity index is 352. The Labute approximate surface area is 102 Å². The quantitative estimate of drug-likeness (QED) is 0.584. The summed E-state index contributed by atoms with van der Waals surface area (Å²) in [6.45, 7) is 3.00. The van der Waals surface area contributed by atoms with Crippen molar-refractivity contribution in [3.63, 3.8) is 0 Å². The van der Waals surface area contributed by atoms with E-state index in [1.54, 1.807) is 0 Å². The summed E-state index contributed by atoms with van der Waals surface area (Å²) < 4.78 is 10.1. The van der Waals surface area contributed by atoms with Crippen molar-refractivity contribution in [1.29, 1.82) is 0 Å². The van der Waals surface area contributed by atoms with Gasteiger partial charge in [0.1, 0.15) is 12.3 Å². The Kier molecular flexibility index (Phi) is 5.93. The van der Waals surface area contributed by atoms with Crippen LogP contribution in [0.4, 0.5) is 5.69 Å². The summed E-state index contributed by atoms with van der Waals surface area (Å²) in [5, 5.41) is 2.97. The number of methoxy groups -OCH3 is 1. The van der Waals surface area contributed by atoms with Crippen LogP contribution in [0.3, 0.4) is 0 Å². The highest BCUT2D eigenvalue weighted by Crippen LogP contribution is 2.17. The van der Waals surface area contributed by atoms with E-state index in [0.717, 1.165) is 30.9 Å². The van der Waals surface area contributed by atoms with Gasteiger partial charge in [0.05, 0.1) is 13.7 Å². The lowest BCUT2D eigenvalue weighted by Gasteiger charge is -2.08. The van der Waals surface area contributed by atoms with Crippen molar-refractivity contribution >= 4 is 11.7 Å². The van der Waals surface area contributed by atoms with Crippen LogP contribution in [-0.2, 0) is 9.53 Å². The Morgan fingerprint density at radius 3 is 2.94 bits per heavy atom. The van der Waals surface area contributed by atoms with Crippen LogP contribution >= 0.6 is 0 Å². The van der Waals surface area contributed by atoms with Crippen molar-refractivity contribution < 1.29 is 14.3 Å². The first-order valence-electron chi connectivity index (χ1n) is 5.79. The summed E-state index contributed by atoms with van der Waals surface area (Å²) in [6, 6.07) is 7.55. The van der Waals surface area contributed by atoms with E-state index < -0.39 is 0 Å². The summed E-state index contributed by atoms with van der Waals surface area (Å²) in [5.74, 6) is 0.524. The normalized spacial score (nSPS) is 9.76. The molecule has 0 atom stereocenters. The molecule has 94 valence electrons. The molecule has 0 fully saturated rings. The highest BCUT2D eigenvalue weighted by molar-refractivity contribution is 5.74. The number of ether oxygens (including phenoxy) is 2. The van der Waals surface area contributed by atoms with Crippen LogP contribution < -0.4 is 10.1 Å². The number of unbranched alkanes of at least 4 members (excludes halogenated alkanes) is 1. The topological polar surface area (TPSA) is 47.6 Å². The molecule has 0 radical (unpaired) electrons. The number of esters is 1. The number of anilines is 1. The fourth-order valence-electron chi connectivity index (χ4n) is 1.28. The van der Waals surface area contributed by atoms with Gasteiger partial charge in [0.15, 0.2) is 0 Å². The molecule has 0 aliphatic heterocycles. The zero-order valence-electron chi connectivity index (χ0n) is 10.4. The summed E-state index contributed by atoms with van der Waals surface area (Å²) in [6.07, 6.45) is 2.15. The van der Waals surface area contributed by atoms with E-state index in [-0.39, 0.29) is 12.5 Å². The zero-order chi connectivity index (χ0) is 12.5. The van der Waals surface area contributed by atoms with Gasteiger partial charge in [-0.1, -0.05) is 19.4 Å². The second kappa shape index (κ2) is 7.54. The molecule has 1 rings (SSSR count). The average Bonchev–Trinajstić information content (AvgIpc) is 2.37. The molecule has 1 aromatic carbocycles. The average molecular weight is 237 g/mol. The largest absolute Gasteiger partial charge is 0.494 e. The predicted molar refractivity (Wildman–Crippen MR) is 67.4 cm³/mol. The predicted octanol–water partition coefficient (Wildman–Crippen LogP) is 2.45. The third-order valence-electron chi connectivity index (χ3n) is 2.27. The Hall–Kier alpha value is -1.71. The minimum absolute atomic E-state index is 0.162. The van der Waals surface area contributed by atoms with Crippen LogP contribution in [-0.4, -0.2) is 26.2 Å². The van der Waals surface area contributed by atoms with Crippen LogP contribution in [0, 0.1) is 0 Å². The number of benzene rings is 1. The van der Waals surface area contributed by atoms with E-state index >= 15 is 0 Å². The van der Waals surface area contributed by atoms with Gasteiger partial charge in [0, 0.05) is 11.8 Å². The number of hydrogen-bond acceptors (Lipinski definition) is 4. The second-order valence-electron chi connectivity index (χ2n) is 3.66. The molecule has 0 amide bonds. The van der Waals surface area contributed by atoms with Crippen LogP contribution in [0.15, 0.2) is 24.3 Å². The van der Waals surface area contributed by atoms with E-state index in [1.165, 1.54) is 7.11 Å². The SMILES string of the molecule is CCCCOc1cccc(NCC(=O)OC)c1. The number of rotatable bonds is 7. The number of carbonyl (C=O) groups excluding carboxylic acids is 1. The van der Waals surface area contributed by atoms with Gasteiger partial charge in [-0.25, -0.2) is 0 Å². The molecule has 0 saturated heterocycles. The van der Waals surface area contributed by atoms with Crippen molar-refractivity contribution in [2.45, 2.75) is 19.8 Å². The third-order valence-corrected chi connectivity index (χ3v) is 2.27. The van der Waals surface area contributed by atoms with Crippen LogP contribution in [0.25, 0.3) is 0 Å². The van der Waals surface area contributed by atoms with Gasteiger partial charge in [-0.15, -0.1) is 0 Å². The summed E-state index contributed by atoms with van der Waals surface area (Å²) in [4.78, 5) is 11.0. The van der Waals surface area contributed by atoms with Crippen molar-refractivity contribution in [3.05, 3.63) is 24.3 Å². The van der Waals surface area contributed by atoms with Crippen LogP contribution in [0.1, 0.15) is 19.8 Å². The molecule has 0 saturated carbocycles. The highest BCUT2D eigenvalue weighted by Gasteiger charge is 2.00. The first-order chi connectivity index (χ1) is 8.26. The maximum absolute atomic E-state index is 11.0. The molecule has 0 bridgehead atoms. The zero-order valence-corrected chi connectivity index (χ0v) is 10.4. The maximum atomic E-state index is 11.0. The lowest BCUT2D eigenvalue weighted by molar-refractivity contribution is -0.138. The third kappa shape index (κ3) is 5.24.